The number of nitrogens with zero attached hydrogens (tertiary/aromatic N) is 2. The molecule has 0 bridgehead atoms. The minimum atomic E-state index is -0.607. The summed E-state index contributed by atoms with van der Waals surface area (Å²) < 4.78 is 43.8. The van der Waals surface area contributed by atoms with Gasteiger partial charge in [-0.05, 0) is 24.3 Å². The quantitative estimate of drug-likeness (QED) is 0.783. The number of carbonyl (C=O) groups is 1. The van der Waals surface area contributed by atoms with Gasteiger partial charge in [0.15, 0.2) is 11.5 Å². The fourth-order valence-corrected chi connectivity index (χ4v) is 3.31. The Labute approximate surface area is 162 Å². The Hall–Kier alpha value is -3.03. The maximum absolute atomic E-state index is 14.0. The molecule has 6 nitrogen and oxygen atoms in total. The lowest BCUT2D eigenvalue weighted by atomic mass is 10.1. The van der Waals surface area contributed by atoms with E-state index in [1.54, 1.807) is 21.9 Å². The number of halogens is 2. The summed E-state index contributed by atoms with van der Waals surface area (Å²) in [5.41, 5.74) is 0.336. The van der Waals surface area contributed by atoms with Crippen molar-refractivity contribution in [1.82, 2.24) is 4.90 Å². The molecule has 1 fully saturated rings. The molecule has 1 aliphatic heterocycles. The lowest BCUT2D eigenvalue weighted by Gasteiger charge is -2.36. The molecule has 1 saturated heterocycles. The van der Waals surface area contributed by atoms with Crippen LogP contribution in [0, 0.1) is 11.6 Å². The summed E-state index contributed by atoms with van der Waals surface area (Å²) in [6, 6.07) is 6.97. The number of hydrogen-bond acceptors (Lipinski definition) is 5. The van der Waals surface area contributed by atoms with Crippen molar-refractivity contribution in [2.45, 2.75) is 0 Å². The highest BCUT2D eigenvalue weighted by molar-refractivity contribution is 5.95. The van der Waals surface area contributed by atoms with E-state index in [2.05, 4.69) is 0 Å². The highest BCUT2D eigenvalue weighted by atomic mass is 19.1. The van der Waals surface area contributed by atoms with Gasteiger partial charge < -0.3 is 24.0 Å². The van der Waals surface area contributed by atoms with Crippen LogP contribution in [0.3, 0.4) is 0 Å². The van der Waals surface area contributed by atoms with Gasteiger partial charge in [0.05, 0.1) is 21.3 Å². The Morgan fingerprint density at radius 2 is 1.43 bits per heavy atom. The van der Waals surface area contributed by atoms with E-state index in [0.29, 0.717) is 49.0 Å². The van der Waals surface area contributed by atoms with Gasteiger partial charge in [0, 0.05) is 31.7 Å². The van der Waals surface area contributed by atoms with Crippen molar-refractivity contribution in [2.24, 2.45) is 0 Å². The molecule has 8 heteroatoms. The van der Waals surface area contributed by atoms with Crippen LogP contribution in [-0.2, 0) is 0 Å². The number of rotatable bonds is 5. The molecule has 0 aromatic heterocycles. The third-order valence-corrected chi connectivity index (χ3v) is 4.73. The van der Waals surface area contributed by atoms with Crippen molar-refractivity contribution in [3.63, 3.8) is 0 Å². The molecule has 0 saturated carbocycles. The number of benzene rings is 2. The summed E-state index contributed by atoms with van der Waals surface area (Å²) in [5.74, 6) is -0.252. The molecular formula is C20H22F2N2O4. The molecule has 28 heavy (non-hydrogen) atoms. The van der Waals surface area contributed by atoms with Crippen LogP contribution in [0.15, 0.2) is 30.3 Å². The van der Waals surface area contributed by atoms with E-state index in [-0.39, 0.29) is 11.6 Å². The van der Waals surface area contributed by atoms with Crippen LogP contribution in [0.4, 0.5) is 14.5 Å². The zero-order valence-corrected chi connectivity index (χ0v) is 16.0. The number of anilines is 1. The molecular weight excluding hydrogens is 370 g/mol. The summed E-state index contributed by atoms with van der Waals surface area (Å²) in [6.45, 7) is 1.33. The third-order valence-electron chi connectivity index (χ3n) is 4.73. The van der Waals surface area contributed by atoms with E-state index in [4.69, 9.17) is 14.2 Å². The Morgan fingerprint density at radius 1 is 0.893 bits per heavy atom. The van der Waals surface area contributed by atoms with Gasteiger partial charge in [-0.1, -0.05) is 6.07 Å². The largest absolute Gasteiger partial charge is 0.493 e. The first-order valence-corrected chi connectivity index (χ1v) is 8.78. The lowest BCUT2D eigenvalue weighted by Crippen LogP contribution is -2.49. The minimum absolute atomic E-state index is 0.0533. The molecule has 1 heterocycles. The minimum Gasteiger partial charge on any atom is -0.493 e. The Balaban J connectivity index is 1.77. The van der Waals surface area contributed by atoms with Gasteiger partial charge in [-0.25, -0.2) is 8.78 Å². The summed E-state index contributed by atoms with van der Waals surface area (Å²) in [5, 5.41) is 0. The number of methoxy groups -OCH3 is 3. The first-order chi connectivity index (χ1) is 13.5. The molecule has 3 rings (SSSR count). The average Bonchev–Trinajstić information content (AvgIpc) is 2.72. The molecule has 2 aromatic rings. The SMILES string of the molecule is COc1cc(C(=O)N2CCN(c3c(F)cccc3F)CC2)cc(OC)c1OC. The number of para-hydroxylation sites is 1. The van der Waals surface area contributed by atoms with Gasteiger partial charge in [0.2, 0.25) is 5.75 Å². The smallest absolute Gasteiger partial charge is 0.254 e. The second-order valence-corrected chi connectivity index (χ2v) is 6.26. The van der Waals surface area contributed by atoms with Crippen LogP contribution >= 0.6 is 0 Å². The normalized spacial score (nSPS) is 14.0. The first kappa shape index (κ1) is 19.7. The molecule has 150 valence electrons. The Kier molecular flexibility index (Phi) is 5.87. The summed E-state index contributed by atoms with van der Waals surface area (Å²) in [4.78, 5) is 16.2. The summed E-state index contributed by atoms with van der Waals surface area (Å²) in [6.07, 6.45) is 0. The first-order valence-electron chi connectivity index (χ1n) is 8.78. The molecule has 0 atom stereocenters. The monoisotopic (exact) mass is 392 g/mol. The molecule has 1 amide bonds. The average molecular weight is 392 g/mol. The van der Waals surface area contributed by atoms with Gasteiger partial charge in [-0.3, -0.25) is 4.79 Å². The fourth-order valence-electron chi connectivity index (χ4n) is 3.31. The maximum Gasteiger partial charge on any atom is 0.254 e. The van der Waals surface area contributed by atoms with E-state index in [1.165, 1.54) is 39.5 Å². The number of ether oxygens (including phenoxy) is 3. The van der Waals surface area contributed by atoms with Crippen LogP contribution < -0.4 is 19.1 Å². The number of piperazine rings is 1. The van der Waals surface area contributed by atoms with Crippen LogP contribution in [0.5, 0.6) is 17.2 Å². The fraction of sp³-hybridized carbons (Fsp3) is 0.350. The molecule has 1 aliphatic rings. The highest BCUT2D eigenvalue weighted by Gasteiger charge is 2.27. The van der Waals surface area contributed by atoms with Gasteiger partial charge in [0.1, 0.15) is 17.3 Å². The van der Waals surface area contributed by atoms with Crippen molar-refractivity contribution in [2.75, 3.05) is 52.4 Å². The van der Waals surface area contributed by atoms with E-state index in [0.717, 1.165) is 0 Å². The maximum atomic E-state index is 14.0. The predicted molar refractivity (Wildman–Crippen MR) is 101 cm³/mol. The van der Waals surface area contributed by atoms with E-state index in [1.807, 2.05) is 0 Å². The summed E-state index contributed by atoms with van der Waals surface area (Å²) in [7, 11) is 4.45. The highest BCUT2D eigenvalue weighted by Crippen LogP contribution is 2.38. The van der Waals surface area contributed by atoms with Gasteiger partial charge in [-0.2, -0.15) is 0 Å². The second kappa shape index (κ2) is 8.33. The summed E-state index contributed by atoms with van der Waals surface area (Å²) >= 11 is 0. The van der Waals surface area contributed by atoms with E-state index in [9.17, 15) is 13.6 Å². The van der Waals surface area contributed by atoms with Crippen molar-refractivity contribution in [3.8, 4) is 17.2 Å². The predicted octanol–water partition coefficient (Wildman–Crippen LogP) is 2.95. The van der Waals surface area contributed by atoms with E-state index < -0.39 is 11.6 Å². The van der Waals surface area contributed by atoms with Crippen LogP contribution in [0.1, 0.15) is 10.4 Å². The third kappa shape index (κ3) is 3.67. The molecule has 0 radical (unpaired) electrons. The molecule has 0 aliphatic carbocycles. The molecule has 0 N–H and O–H groups in total. The number of amides is 1. The van der Waals surface area contributed by atoms with Crippen molar-refractivity contribution in [3.05, 3.63) is 47.5 Å². The zero-order valence-electron chi connectivity index (χ0n) is 16.0. The molecule has 0 spiro atoms. The second-order valence-electron chi connectivity index (χ2n) is 6.26. The molecule has 0 unspecified atom stereocenters. The van der Waals surface area contributed by atoms with Crippen molar-refractivity contribution in [1.29, 1.82) is 0 Å². The lowest BCUT2D eigenvalue weighted by molar-refractivity contribution is 0.0745. The number of hydrogen-bond donors (Lipinski definition) is 0. The van der Waals surface area contributed by atoms with Gasteiger partial charge in [-0.15, -0.1) is 0 Å². The van der Waals surface area contributed by atoms with Crippen molar-refractivity contribution >= 4 is 11.6 Å². The van der Waals surface area contributed by atoms with Crippen LogP contribution in [-0.4, -0.2) is 58.3 Å². The molecule has 2 aromatic carbocycles. The van der Waals surface area contributed by atoms with E-state index >= 15 is 0 Å². The topological polar surface area (TPSA) is 51.2 Å². The number of carbonyl (C=O) groups excluding carboxylic acids is 1. The van der Waals surface area contributed by atoms with Crippen molar-refractivity contribution < 1.29 is 27.8 Å². The van der Waals surface area contributed by atoms with Crippen LogP contribution in [0.25, 0.3) is 0 Å². The van der Waals surface area contributed by atoms with Gasteiger partial charge >= 0.3 is 0 Å². The Morgan fingerprint density at radius 3 is 1.89 bits per heavy atom. The standard InChI is InChI=1S/C20H22F2N2O4/c1-26-16-11-13(12-17(27-2)19(16)28-3)20(25)24-9-7-23(8-10-24)18-14(21)5-4-6-15(18)22/h4-6,11-12H,7-10H2,1-3H3. The zero-order chi connectivity index (χ0) is 20.3. The van der Waals surface area contributed by atoms with Gasteiger partial charge in [0.25, 0.3) is 5.91 Å². The van der Waals surface area contributed by atoms with Crippen LogP contribution in [0.2, 0.25) is 0 Å². The Bertz CT molecular complexity index is 822.